The van der Waals surface area contributed by atoms with Crippen molar-refractivity contribution in [3.8, 4) is 0 Å². The van der Waals surface area contributed by atoms with Gasteiger partial charge in [-0.3, -0.25) is 4.79 Å². The minimum absolute atomic E-state index is 0.249. The van der Waals surface area contributed by atoms with Crippen molar-refractivity contribution < 1.29 is 9.83 Å². The van der Waals surface area contributed by atoms with Crippen LogP contribution in [0, 0.1) is 10.1 Å². The summed E-state index contributed by atoms with van der Waals surface area (Å²) in [6, 6.07) is 5.14. The van der Waals surface area contributed by atoms with E-state index in [0.29, 0.717) is 12.8 Å². The van der Waals surface area contributed by atoms with Crippen LogP contribution in [0.3, 0.4) is 0 Å². The van der Waals surface area contributed by atoms with Crippen molar-refractivity contribution in [2.75, 3.05) is 30.4 Å². The fourth-order valence-corrected chi connectivity index (χ4v) is 2.65. The van der Waals surface area contributed by atoms with Crippen molar-refractivity contribution in [3.63, 3.8) is 0 Å². The van der Waals surface area contributed by atoms with Crippen LogP contribution < -0.4 is 27.1 Å². The fraction of sp³-hybridized carbons (Fsp3) is 0.467. The normalized spacial score (nSPS) is 14.8. The predicted octanol–water partition coefficient (Wildman–Crippen LogP) is -0.179. The molecule has 1 aromatic carbocycles. The molecule has 1 atom stereocenters. The molecular weight excluding hydrogens is 326 g/mol. The molecule has 25 heavy (non-hydrogen) atoms. The lowest BCUT2D eigenvalue weighted by atomic mass is 10.1. The largest absolute Gasteiger partial charge is 0.374 e. The van der Waals surface area contributed by atoms with Crippen molar-refractivity contribution in [1.82, 2.24) is 5.43 Å². The van der Waals surface area contributed by atoms with Crippen LogP contribution in [0.1, 0.15) is 18.4 Å². The molecule has 0 saturated heterocycles. The Labute approximate surface area is 145 Å². The molecule has 2 rings (SSSR count). The maximum atomic E-state index is 12.1. The van der Waals surface area contributed by atoms with E-state index in [2.05, 4.69) is 15.2 Å². The molecule has 1 heterocycles. The summed E-state index contributed by atoms with van der Waals surface area (Å²) in [6.07, 6.45) is 1.84. The van der Waals surface area contributed by atoms with Gasteiger partial charge in [-0.15, -0.1) is 0 Å². The Morgan fingerprint density at radius 3 is 3.00 bits per heavy atom. The van der Waals surface area contributed by atoms with E-state index in [1.54, 1.807) is 5.43 Å². The number of carbonyl (C=O) groups excluding carboxylic acids is 1. The number of guanidine groups is 1. The second-order valence-electron chi connectivity index (χ2n) is 5.89. The molecule has 0 bridgehead atoms. The second-order valence-corrected chi connectivity index (χ2v) is 5.89. The zero-order valence-electron chi connectivity index (χ0n) is 14.1. The first kappa shape index (κ1) is 18.5. The predicted molar refractivity (Wildman–Crippen MR) is 95.9 cm³/mol. The number of fused-ring (bicyclic) bond motifs is 1. The molecule has 0 unspecified atom stereocenters. The van der Waals surface area contributed by atoms with Crippen molar-refractivity contribution in [1.29, 1.82) is 0 Å². The first-order valence-electron chi connectivity index (χ1n) is 7.98. The van der Waals surface area contributed by atoms with Gasteiger partial charge < -0.3 is 21.7 Å². The molecule has 10 heteroatoms. The van der Waals surface area contributed by atoms with Gasteiger partial charge in [0.05, 0.1) is 6.04 Å². The first-order chi connectivity index (χ1) is 11.9. The Hall–Kier alpha value is -2.88. The van der Waals surface area contributed by atoms with Gasteiger partial charge in [-0.05, 0) is 43.0 Å². The number of carbonyl (C=O) groups is 1. The number of nitrogens with one attached hydrogen (secondary N) is 2. The summed E-state index contributed by atoms with van der Waals surface area (Å²) in [5.74, 6) is -0.544. The van der Waals surface area contributed by atoms with Gasteiger partial charge >= 0.3 is 0 Å². The highest BCUT2D eigenvalue weighted by Gasteiger charge is 2.17. The number of hydrazine groups is 1. The van der Waals surface area contributed by atoms with Gasteiger partial charge in [0.2, 0.25) is 5.91 Å². The third-order valence-corrected chi connectivity index (χ3v) is 3.97. The van der Waals surface area contributed by atoms with E-state index < -0.39 is 11.1 Å². The standard InChI is InChI=1S/C15H23N7O3/c1-21-8-6-10-9-11(4-5-13(10)21)19-14(23)12(16)3-2-7-18-15(17)20-22(24)25/h4-5,9,12H,2-3,6-8,16H2,1H3,(H,19,23)(H3,17,18,20)/t12-/m0/s1. The van der Waals surface area contributed by atoms with Gasteiger partial charge in [0.1, 0.15) is 0 Å². The lowest BCUT2D eigenvalue weighted by Crippen LogP contribution is -2.37. The maximum absolute atomic E-state index is 12.1. The number of likely N-dealkylation sites (N-methyl/N-ethyl adjacent to an activating group) is 1. The fourth-order valence-electron chi connectivity index (χ4n) is 2.65. The Kier molecular flexibility index (Phi) is 6.12. The molecule has 0 aliphatic carbocycles. The van der Waals surface area contributed by atoms with Crippen molar-refractivity contribution >= 4 is 23.2 Å². The molecule has 6 N–H and O–H groups in total. The summed E-state index contributed by atoms with van der Waals surface area (Å²) in [6.45, 7) is 1.22. The number of rotatable bonds is 7. The minimum Gasteiger partial charge on any atom is -0.374 e. The van der Waals surface area contributed by atoms with E-state index in [-0.39, 0.29) is 18.4 Å². The van der Waals surface area contributed by atoms with Crippen LogP contribution in [-0.2, 0) is 11.2 Å². The molecule has 1 amide bonds. The smallest absolute Gasteiger partial charge is 0.251 e. The number of aliphatic imine (C=N–C) groups is 1. The van der Waals surface area contributed by atoms with Gasteiger partial charge in [-0.1, -0.05) is 5.43 Å². The van der Waals surface area contributed by atoms with Crippen LogP contribution in [0.5, 0.6) is 0 Å². The molecule has 0 fully saturated rings. The van der Waals surface area contributed by atoms with Crippen LogP contribution in [0.25, 0.3) is 0 Å². The molecule has 10 nitrogen and oxygen atoms in total. The number of nitro groups is 1. The Morgan fingerprint density at radius 2 is 2.28 bits per heavy atom. The van der Waals surface area contributed by atoms with E-state index in [1.807, 2.05) is 25.2 Å². The summed E-state index contributed by atoms with van der Waals surface area (Å²) >= 11 is 0. The number of hydrogen-bond acceptors (Lipinski definition) is 6. The summed E-state index contributed by atoms with van der Waals surface area (Å²) in [4.78, 5) is 28.3. The number of nitrogens with zero attached hydrogens (tertiary/aromatic N) is 3. The van der Waals surface area contributed by atoms with Gasteiger partial charge in [-0.25, -0.2) is 15.1 Å². The van der Waals surface area contributed by atoms with Crippen molar-refractivity contribution in [3.05, 3.63) is 33.9 Å². The molecule has 136 valence electrons. The van der Waals surface area contributed by atoms with Gasteiger partial charge in [-0.2, -0.15) is 0 Å². The number of anilines is 2. The molecule has 1 aromatic rings. The Balaban J connectivity index is 1.78. The van der Waals surface area contributed by atoms with E-state index in [4.69, 9.17) is 11.5 Å². The zero-order chi connectivity index (χ0) is 18.4. The van der Waals surface area contributed by atoms with Crippen LogP contribution >= 0.6 is 0 Å². The highest BCUT2D eigenvalue weighted by molar-refractivity contribution is 5.95. The number of amides is 1. The van der Waals surface area contributed by atoms with Crippen LogP contribution in [0.2, 0.25) is 0 Å². The highest BCUT2D eigenvalue weighted by Crippen LogP contribution is 2.29. The average molecular weight is 349 g/mol. The molecule has 0 spiro atoms. The van der Waals surface area contributed by atoms with E-state index in [9.17, 15) is 14.9 Å². The highest BCUT2D eigenvalue weighted by atomic mass is 16.7. The number of hydrogen-bond donors (Lipinski definition) is 4. The zero-order valence-corrected chi connectivity index (χ0v) is 14.1. The van der Waals surface area contributed by atoms with E-state index in [1.165, 1.54) is 11.3 Å². The lowest BCUT2D eigenvalue weighted by Gasteiger charge is -2.14. The van der Waals surface area contributed by atoms with Crippen molar-refractivity contribution in [2.24, 2.45) is 16.5 Å². The molecule has 1 aliphatic rings. The number of nitrogens with two attached hydrogens (primary N) is 2. The molecule has 1 aliphatic heterocycles. The van der Waals surface area contributed by atoms with Crippen LogP contribution in [0.4, 0.5) is 11.4 Å². The quantitative estimate of drug-likeness (QED) is 0.175. The topological polar surface area (TPSA) is 152 Å². The molecule has 0 saturated carbocycles. The third kappa shape index (κ3) is 5.31. The monoisotopic (exact) mass is 349 g/mol. The summed E-state index contributed by atoms with van der Waals surface area (Å²) in [5.41, 5.74) is 16.0. The second kappa shape index (κ2) is 8.29. The summed E-state index contributed by atoms with van der Waals surface area (Å²) in [7, 11) is 2.04. The summed E-state index contributed by atoms with van der Waals surface area (Å²) < 4.78 is 0. The number of benzene rings is 1. The van der Waals surface area contributed by atoms with E-state index >= 15 is 0 Å². The summed E-state index contributed by atoms with van der Waals surface area (Å²) in [5, 5.41) is 12.2. The molecule has 0 aromatic heterocycles. The third-order valence-electron chi connectivity index (χ3n) is 3.97. The van der Waals surface area contributed by atoms with E-state index in [0.717, 1.165) is 18.7 Å². The van der Waals surface area contributed by atoms with Crippen LogP contribution in [0.15, 0.2) is 23.2 Å². The SMILES string of the molecule is CN1CCc2cc(NC(=O)[C@@H](N)CCCN=C(N)N[N+](=O)[O-])ccc21. The first-order valence-corrected chi connectivity index (χ1v) is 7.98. The minimum atomic E-state index is -0.785. The maximum Gasteiger partial charge on any atom is 0.251 e. The lowest BCUT2D eigenvalue weighted by molar-refractivity contribution is -0.525. The Morgan fingerprint density at radius 1 is 1.52 bits per heavy atom. The molecule has 0 radical (unpaired) electrons. The van der Waals surface area contributed by atoms with Gasteiger partial charge in [0.25, 0.3) is 5.96 Å². The Bertz CT molecular complexity index is 677. The average Bonchev–Trinajstić information content (AvgIpc) is 2.91. The van der Waals surface area contributed by atoms with Crippen LogP contribution in [-0.4, -0.2) is 43.1 Å². The van der Waals surface area contributed by atoms with Crippen molar-refractivity contribution in [2.45, 2.75) is 25.3 Å². The van der Waals surface area contributed by atoms with Gasteiger partial charge in [0, 0.05) is 31.5 Å². The molecular formula is C15H23N7O3. The van der Waals surface area contributed by atoms with Gasteiger partial charge in [0.15, 0.2) is 5.03 Å².